The smallest absolute Gasteiger partial charge is 0.220 e. The van der Waals surface area contributed by atoms with Crippen molar-refractivity contribution in [2.75, 3.05) is 11.9 Å². The first kappa shape index (κ1) is 19.6. The molecule has 0 aliphatic carbocycles. The van der Waals surface area contributed by atoms with Crippen molar-refractivity contribution in [2.24, 2.45) is 0 Å². The van der Waals surface area contributed by atoms with Crippen LogP contribution in [0.2, 0.25) is 0 Å². The van der Waals surface area contributed by atoms with Crippen LogP contribution in [0.1, 0.15) is 19.8 Å². The number of hydrogen-bond donors (Lipinski definition) is 5. The van der Waals surface area contributed by atoms with E-state index in [9.17, 15) is 20.1 Å². The third kappa shape index (κ3) is 4.39. The fourth-order valence-electron chi connectivity index (χ4n) is 3.33. The van der Waals surface area contributed by atoms with E-state index in [1.165, 1.54) is 0 Å². The van der Waals surface area contributed by atoms with Gasteiger partial charge in [0.15, 0.2) is 6.23 Å². The molecule has 1 fully saturated rings. The molecule has 0 saturated carbocycles. The zero-order chi connectivity index (χ0) is 19.4. The van der Waals surface area contributed by atoms with Crippen LogP contribution < -0.4 is 10.6 Å². The summed E-state index contributed by atoms with van der Waals surface area (Å²) >= 11 is 0. The third-order valence-electron chi connectivity index (χ3n) is 4.79. The molecular formula is C20H26N2O5. The van der Waals surface area contributed by atoms with E-state index < -0.39 is 37.2 Å². The van der Waals surface area contributed by atoms with E-state index in [1.807, 2.05) is 49.4 Å². The molecule has 146 valence electrons. The van der Waals surface area contributed by atoms with Gasteiger partial charge in [-0.05, 0) is 29.3 Å². The van der Waals surface area contributed by atoms with Gasteiger partial charge in [-0.15, -0.1) is 0 Å². The van der Waals surface area contributed by atoms with Crippen molar-refractivity contribution in [1.82, 2.24) is 5.32 Å². The highest BCUT2D eigenvalue weighted by molar-refractivity contribution is 5.85. The quantitative estimate of drug-likeness (QED) is 0.515. The van der Waals surface area contributed by atoms with Gasteiger partial charge in [-0.3, -0.25) is 4.79 Å². The molecular weight excluding hydrogens is 348 g/mol. The van der Waals surface area contributed by atoms with Crippen LogP contribution in [-0.2, 0) is 9.53 Å². The summed E-state index contributed by atoms with van der Waals surface area (Å²) in [5.41, 5.74) is 0.744. The first-order valence-electron chi connectivity index (χ1n) is 9.20. The lowest BCUT2D eigenvalue weighted by molar-refractivity contribution is -0.188. The van der Waals surface area contributed by atoms with Crippen molar-refractivity contribution >= 4 is 22.4 Å². The molecule has 0 radical (unpaired) electrons. The highest BCUT2D eigenvalue weighted by Crippen LogP contribution is 2.25. The van der Waals surface area contributed by atoms with E-state index in [0.29, 0.717) is 12.8 Å². The molecule has 5 atom stereocenters. The van der Waals surface area contributed by atoms with Crippen LogP contribution in [0.5, 0.6) is 0 Å². The lowest BCUT2D eigenvalue weighted by Crippen LogP contribution is -2.66. The molecule has 1 aliphatic rings. The molecule has 0 unspecified atom stereocenters. The molecule has 2 aromatic rings. The average Bonchev–Trinajstić information content (AvgIpc) is 2.67. The number of aliphatic hydroxyl groups excluding tert-OH is 3. The number of fused-ring (bicyclic) bond motifs is 1. The van der Waals surface area contributed by atoms with Crippen LogP contribution in [0.4, 0.5) is 5.69 Å². The summed E-state index contributed by atoms with van der Waals surface area (Å²) in [6, 6.07) is 12.8. The molecule has 27 heavy (non-hydrogen) atoms. The number of benzene rings is 2. The summed E-state index contributed by atoms with van der Waals surface area (Å²) in [6.07, 6.45) is -3.34. The van der Waals surface area contributed by atoms with Gasteiger partial charge in [0.2, 0.25) is 5.91 Å². The molecule has 1 amide bonds. The Labute approximate surface area is 158 Å². The van der Waals surface area contributed by atoms with Gasteiger partial charge < -0.3 is 30.7 Å². The fraction of sp³-hybridized carbons (Fsp3) is 0.450. The lowest BCUT2D eigenvalue weighted by atomic mass is 9.95. The Morgan fingerprint density at radius 3 is 2.56 bits per heavy atom. The maximum absolute atomic E-state index is 12.1. The van der Waals surface area contributed by atoms with Gasteiger partial charge in [0.25, 0.3) is 0 Å². The Balaban J connectivity index is 1.83. The molecule has 0 aromatic heterocycles. The first-order chi connectivity index (χ1) is 13.0. The lowest BCUT2D eigenvalue weighted by Gasteiger charge is -2.43. The maximum atomic E-state index is 12.1. The van der Waals surface area contributed by atoms with Crippen LogP contribution in [-0.4, -0.2) is 58.4 Å². The maximum Gasteiger partial charge on any atom is 0.220 e. The molecule has 0 spiro atoms. The molecule has 7 nitrogen and oxygen atoms in total. The minimum absolute atomic E-state index is 0.231. The predicted molar refractivity (Wildman–Crippen MR) is 102 cm³/mol. The zero-order valence-corrected chi connectivity index (χ0v) is 15.2. The zero-order valence-electron chi connectivity index (χ0n) is 15.2. The van der Waals surface area contributed by atoms with Gasteiger partial charge in [-0.2, -0.15) is 0 Å². The second-order valence-corrected chi connectivity index (χ2v) is 6.81. The van der Waals surface area contributed by atoms with E-state index in [-0.39, 0.29) is 5.91 Å². The highest BCUT2D eigenvalue weighted by Gasteiger charge is 2.44. The SMILES string of the molecule is CCCC(=O)N[C@@H]1[C@@H](O)[C@H](O)[C@@H](CO)O[C@H]1Nc1ccc2ccccc2c1. The van der Waals surface area contributed by atoms with E-state index >= 15 is 0 Å². The molecule has 5 N–H and O–H groups in total. The average molecular weight is 374 g/mol. The fourth-order valence-corrected chi connectivity index (χ4v) is 3.33. The van der Waals surface area contributed by atoms with Crippen molar-refractivity contribution in [2.45, 2.75) is 50.3 Å². The molecule has 7 heteroatoms. The summed E-state index contributed by atoms with van der Waals surface area (Å²) in [7, 11) is 0. The Hall–Kier alpha value is -2.19. The van der Waals surface area contributed by atoms with Crippen LogP contribution in [0.25, 0.3) is 10.8 Å². The van der Waals surface area contributed by atoms with Crippen LogP contribution in [0, 0.1) is 0 Å². The van der Waals surface area contributed by atoms with Crippen molar-refractivity contribution in [3.05, 3.63) is 42.5 Å². The minimum Gasteiger partial charge on any atom is -0.394 e. The van der Waals surface area contributed by atoms with E-state index in [1.54, 1.807) is 0 Å². The number of amides is 1. The van der Waals surface area contributed by atoms with Gasteiger partial charge in [0, 0.05) is 12.1 Å². The molecule has 2 aromatic carbocycles. The third-order valence-corrected chi connectivity index (χ3v) is 4.79. The number of aliphatic hydroxyl groups is 3. The topological polar surface area (TPSA) is 111 Å². The molecule has 0 bridgehead atoms. The van der Waals surface area contributed by atoms with E-state index in [4.69, 9.17) is 4.74 Å². The molecule has 1 saturated heterocycles. The molecule has 1 heterocycles. The van der Waals surface area contributed by atoms with E-state index in [2.05, 4.69) is 10.6 Å². The number of nitrogens with one attached hydrogen (secondary N) is 2. The first-order valence-corrected chi connectivity index (χ1v) is 9.20. The van der Waals surface area contributed by atoms with Gasteiger partial charge >= 0.3 is 0 Å². The van der Waals surface area contributed by atoms with Gasteiger partial charge in [0.1, 0.15) is 24.4 Å². The van der Waals surface area contributed by atoms with Crippen molar-refractivity contribution < 1.29 is 24.9 Å². The Morgan fingerprint density at radius 2 is 1.85 bits per heavy atom. The second kappa shape index (κ2) is 8.67. The number of carbonyl (C=O) groups is 1. The summed E-state index contributed by atoms with van der Waals surface area (Å²) in [5, 5.41) is 38.1. The largest absolute Gasteiger partial charge is 0.394 e. The number of anilines is 1. The minimum atomic E-state index is -1.29. The Bertz CT molecular complexity index is 784. The highest BCUT2D eigenvalue weighted by atomic mass is 16.5. The summed E-state index contributed by atoms with van der Waals surface area (Å²) < 4.78 is 5.74. The number of rotatable bonds is 6. The van der Waals surface area contributed by atoms with Crippen LogP contribution in [0.15, 0.2) is 42.5 Å². The number of hydrogen-bond acceptors (Lipinski definition) is 6. The van der Waals surface area contributed by atoms with Gasteiger partial charge in [-0.1, -0.05) is 37.3 Å². The molecule has 1 aliphatic heterocycles. The Morgan fingerprint density at radius 1 is 1.11 bits per heavy atom. The van der Waals surface area contributed by atoms with Crippen molar-refractivity contribution in [1.29, 1.82) is 0 Å². The Kier molecular flexibility index (Phi) is 6.28. The van der Waals surface area contributed by atoms with Crippen molar-refractivity contribution in [3.63, 3.8) is 0 Å². The van der Waals surface area contributed by atoms with Gasteiger partial charge in [0.05, 0.1) is 6.61 Å². The van der Waals surface area contributed by atoms with Gasteiger partial charge in [-0.25, -0.2) is 0 Å². The number of carbonyl (C=O) groups excluding carboxylic acids is 1. The summed E-state index contributed by atoms with van der Waals surface area (Å²) in [6.45, 7) is 1.44. The monoisotopic (exact) mass is 374 g/mol. The predicted octanol–water partition coefficient (Wildman–Crippen LogP) is 0.976. The summed E-state index contributed by atoms with van der Waals surface area (Å²) in [4.78, 5) is 12.1. The second-order valence-electron chi connectivity index (χ2n) is 6.81. The number of ether oxygens (including phenoxy) is 1. The van der Waals surface area contributed by atoms with E-state index in [0.717, 1.165) is 16.5 Å². The molecule has 3 rings (SSSR count). The normalized spacial score (nSPS) is 28.1. The summed E-state index contributed by atoms with van der Waals surface area (Å²) in [5.74, 6) is -0.231. The van der Waals surface area contributed by atoms with Crippen LogP contribution in [0.3, 0.4) is 0 Å². The van der Waals surface area contributed by atoms with Crippen LogP contribution >= 0.6 is 0 Å². The standard InChI is InChI=1S/C20H26N2O5/c1-2-5-16(24)22-17-19(26)18(25)15(11-23)27-20(17)21-14-9-8-12-6-3-4-7-13(12)10-14/h3-4,6-10,15,17-21,23,25-26H,2,5,11H2,1H3,(H,22,24)/t15-,17-,18-,19-,20-/m1/s1. The van der Waals surface area contributed by atoms with Crippen molar-refractivity contribution in [3.8, 4) is 0 Å².